The van der Waals surface area contributed by atoms with E-state index in [2.05, 4.69) is 19.1 Å². The van der Waals surface area contributed by atoms with Gasteiger partial charge in [0, 0.05) is 0 Å². The van der Waals surface area contributed by atoms with E-state index in [0.717, 1.165) is 24.9 Å². The van der Waals surface area contributed by atoms with Crippen LogP contribution in [0, 0.1) is 0 Å². The average molecular weight is 246 g/mol. The van der Waals surface area contributed by atoms with Gasteiger partial charge < -0.3 is 0 Å². The maximum absolute atomic E-state index is 12.2. The number of nitrogens with zero attached hydrogens (tertiary/aromatic N) is 1. The van der Waals surface area contributed by atoms with Gasteiger partial charge in [0.1, 0.15) is 0 Å². The fourth-order valence-electron chi connectivity index (χ4n) is 2.72. The van der Waals surface area contributed by atoms with Crippen molar-refractivity contribution in [2.45, 2.75) is 64.3 Å². The number of rotatable bonds is 5. The van der Waals surface area contributed by atoms with Crippen LogP contribution in [0.15, 0.2) is 24.3 Å². The van der Waals surface area contributed by atoms with Gasteiger partial charge in [-0.05, 0) is 43.4 Å². The Bertz CT molecular complexity index is 341. The molecule has 2 nitrogen and oxygen atoms in total. The highest BCUT2D eigenvalue weighted by Crippen LogP contribution is 2.26. The third kappa shape index (κ3) is 3.49. The molecule has 0 heterocycles. The second-order valence-electron chi connectivity index (χ2n) is 5.39. The summed E-state index contributed by atoms with van der Waals surface area (Å²) in [4.78, 5) is 0. The maximum Gasteiger partial charge on any atom is 0.0671 e. The van der Waals surface area contributed by atoms with E-state index in [1.54, 1.807) is 0 Å². The number of hydrogen-bond donors (Lipinski definition) is 0. The van der Waals surface area contributed by atoms with E-state index >= 15 is 0 Å². The summed E-state index contributed by atoms with van der Waals surface area (Å²) in [6, 6.07) is 8.41. The number of unbranched alkanes of at least 4 members (excludes halogenated alkanes) is 1. The molecule has 2 rings (SSSR count). The molecule has 0 unspecified atom stereocenters. The van der Waals surface area contributed by atoms with Crippen molar-refractivity contribution in [1.29, 1.82) is 0 Å². The SMILES string of the molecule is CCCCc1ccc(N([O])C2CCCCC2)cc1. The lowest BCUT2D eigenvalue weighted by atomic mass is 9.95. The second-order valence-corrected chi connectivity index (χ2v) is 5.39. The van der Waals surface area contributed by atoms with E-state index in [9.17, 15) is 5.21 Å². The highest BCUT2D eigenvalue weighted by Gasteiger charge is 2.21. The first kappa shape index (κ1) is 13.4. The molecule has 0 amide bonds. The molecular weight excluding hydrogens is 222 g/mol. The number of aryl methyl sites for hydroxylation is 1. The Hall–Kier alpha value is -1.02. The van der Waals surface area contributed by atoms with Crippen LogP contribution in [0.4, 0.5) is 5.69 Å². The van der Waals surface area contributed by atoms with Gasteiger partial charge in [-0.3, -0.25) is 0 Å². The van der Waals surface area contributed by atoms with Gasteiger partial charge >= 0.3 is 0 Å². The summed E-state index contributed by atoms with van der Waals surface area (Å²) in [5.41, 5.74) is 2.18. The Morgan fingerprint density at radius 2 is 1.78 bits per heavy atom. The van der Waals surface area contributed by atoms with Crippen LogP contribution in [0.1, 0.15) is 57.4 Å². The zero-order chi connectivity index (χ0) is 12.8. The van der Waals surface area contributed by atoms with Gasteiger partial charge in [-0.15, -0.1) is 0 Å². The van der Waals surface area contributed by atoms with E-state index in [1.165, 1.54) is 42.7 Å². The Morgan fingerprint density at radius 3 is 2.39 bits per heavy atom. The van der Waals surface area contributed by atoms with Gasteiger partial charge in [-0.2, -0.15) is 0 Å². The van der Waals surface area contributed by atoms with Crippen molar-refractivity contribution in [2.75, 3.05) is 5.06 Å². The van der Waals surface area contributed by atoms with Crippen LogP contribution in [-0.2, 0) is 11.6 Å². The molecule has 0 saturated heterocycles. The topological polar surface area (TPSA) is 23.1 Å². The molecule has 0 atom stereocenters. The normalized spacial score (nSPS) is 16.8. The minimum Gasteiger partial charge on any atom is -0.217 e. The minimum atomic E-state index is 0.209. The molecule has 0 aliphatic heterocycles. The van der Waals surface area contributed by atoms with Crippen molar-refractivity contribution in [1.82, 2.24) is 0 Å². The van der Waals surface area contributed by atoms with Crippen molar-refractivity contribution in [2.24, 2.45) is 0 Å². The first-order valence-electron chi connectivity index (χ1n) is 7.36. The molecule has 0 aromatic heterocycles. The van der Waals surface area contributed by atoms with E-state index < -0.39 is 0 Å². The lowest BCUT2D eigenvalue weighted by molar-refractivity contribution is 0.113. The van der Waals surface area contributed by atoms with Crippen molar-refractivity contribution < 1.29 is 5.21 Å². The summed E-state index contributed by atoms with van der Waals surface area (Å²) >= 11 is 0. The minimum absolute atomic E-state index is 0.209. The third-order valence-corrected chi connectivity index (χ3v) is 3.92. The Labute approximate surface area is 111 Å². The molecule has 99 valence electrons. The van der Waals surface area contributed by atoms with Gasteiger partial charge in [-0.25, -0.2) is 5.06 Å². The lowest BCUT2D eigenvalue weighted by Crippen LogP contribution is -2.32. The molecule has 1 fully saturated rings. The molecule has 2 heteroatoms. The fraction of sp³-hybridized carbons (Fsp3) is 0.625. The largest absolute Gasteiger partial charge is 0.217 e. The van der Waals surface area contributed by atoms with Crippen molar-refractivity contribution in [3.8, 4) is 0 Å². The average Bonchev–Trinajstić information content (AvgIpc) is 2.46. The molecule has 0 spiro atoms. The van der Waals surface area contributed by atoms with Crippen molar-refractivity contribution in [3.63, 3.8) is 0 Å². The Morgan fingerprint density at radius 1 is 1.11 bits per heavy atom. The Kier molecular flexibility index (Phi) is 5.06. The Balaban J connectivity index is 1.95. The van der Waals surface area contributed by atoms with Gasteiger partial charge in [0.05, 0.1) is 11.7 Å². The molecule has 1 radical (unpaired) electrons. The summed E-state index contributed by atoms with van der Waals surface area (Å²) in [6.07, 6.45) is 9.39. The molecule has 1 aliphatic carbocycles. The highest BCUT2D eigenvalue weighted by molar-refractivity contribution is 5.45. The lowest BCUT2D eigenvalue weighted by Gasteiger charge is -2.28. The van der Waals surface area contributed by atoms with E-state index in [4.69, 9.17) is 0 Å². The van der Waals surface area contributed by atoms with E-state index in [1.807, 2.05) is 12.1 Å². The third-order valence-electron chi connectivity index (χ3n) is 3.92. The summed E-state index contributed by atoms with van der Waals surface area (Å²) in [7, 11) is 0. The van der Waals surface area contributed by atoms with Gasteiger partial charge in [0.2, 0.25) is 0 Å². The quantitative estimate of drug-likeness (QED) is 0.701. The summed E-state index contributed by atoms with van der Waals surface area (Å²) < 4.78 is 0. The molecule has 1 saturated carbocycles. The smallest absolute Gasteiger partial charge is 0.0671 e. The molecule has 1 aromatic carbocycles. The van der Waals surface area contributed by atoms with Crippen LogP contribution < -0.4 is 5.06 Å². The predicted molar refractivity (Wildman–Crippen MR) is 75.1 cm³/mol. The van der Waals surface area contributed by atoms with Gasteiger partial charge in [0.15, 0.2) is 0 Å². The number of benzene rings is 1. The molecule has 0 N–H and O–H groups in total. The maximum atomic E-state index is 12.2. The first-order chi connectivity index (χ1) is 8.81. The molecule has 1 aromatic rings. The zero-order valence-corrected chi connectivity index (χ0v) is 11.4. The predicted octanol–water partition coefficient (Wildman–Crippen LogP) is 4.51. The van der Waals surface area contributed by atoms with Gasteiger partial charge in [-0.1, -0.05) is 49.9 Å². The monoisotopic (exact) mass is 246 g/mol. The van der Waals surface area contributed by atoms with Crippen LogP contribution in [0.3, 0.4) is 0 Å². The van der Waals surface area contributed by atoms with Crippen LogP contribution >= 0.6 is 0 Å². The molecular formula is C16H24NO. The summed E-state index contributed by atoms with van der Waals surface area (Å²) in [6.45, 7) is 2.21. The van der Waals surface area contributed by atoms with Crippen LogP contribution in [0.5, 0.6) is 0 Å². The molecule has 0 bridgehead atoms. The summed E-state index contributed by atoms with van der Waals surface area (Å²) in [5.74, 6) is 0. The second kappa shape index (κ2) is 6.79. The van der Waals surface area contributed by atoms with Crippen LogP contribution in [0.25, 0.3) is 0 Å². The van der Waals surface area contributed by atoms with E-state index in [-0.39, 0.29) is 6.04 Å². The van der Waals surface area contributed by atoms with Gasteiger partial charge in [0.25, 0.3) is 0 Å². The summed E-state index contributed by atoms with van der Waals surface area (Å²) in [5, 5.41) is 13.5. The van der Waals surface area contributed by atoms with Crippen LogP contribution in [0.2, 0.25) is 0 Å². The molecule has 1 aliphatic rings. The van der Waals surface area contributed by atoms with Crippen molar-refractivity contribution >= 4 is 5.69 Å². The fourth-order valence-corrected chi connectivity index (χ4v) is 2.72. The van der Waals surface area contributed by atoms with Crippen LogP contribution in [-0.4, -0.2) is 6.04 Å². The number of hydrogen-bond acceptors (Lipinski definition) is 1. The number of hydroxylamine groups is 1. The van der Waals surface area contributed by atoms with Crippen molar-refractivity contribution in [3.05, 3.63) is 29.8 Å². The standard InChI is InChI=1S/C16H24NO/c1-2-3-7-14-10-12-16(13-11-14)17(18)15-8-5-4-6-9-15/h10-13,15H,2-9H2,1H3. The van der Waals surface area contributed by atoms with E-state index in [0.29, 0.717) is 0 Å². The highest BCUT2D eigenvalue weighted by atomic mass is 16.5. The molecule has 18 heavy (non-hydrogen) atoms. The first-order valence-corrected chi connectivity index (χ1v) is 7.36. The zero-order valence-electron chi connectivity index (χ0n) is 11.4. The number of anilines is 1.